The predicted octanol–water partition coefficient (Wildman–Crippen LogP) is 3.93. The van der Waals surface area contributed by atoms with Crippen LogP contribution in [0.1, 0.15) is 34.7 Å². The maximum Gasteiger partial charge on any atom is 0.253 e. The van der Waals surface area contributed by atoms with Gasteiger partial charge in [0.1, 0.15) is 23.6 Å². The molecule has 0 radical (unpaired) electrons. The number of fused-ring (bicyclic) bond motifs is 5. The fraction of sp³-hybridized carbons (Fsp3) is 0.250. The van der Waals surface area contributed by atoms with Gasteiger partial charge < -0.3 is 8.83 Å². The number of anilines is 2. The molecule has 4 aromatic rings. The van der Waals surface area contributed by atoms with E-state index in [1.165, 1.54) is 22.3 Å². The summed E-state index contributed by atoms with van der Waals surface area (Å²) < 4.78 is 11.7. The molecular formula is C32H26N4O6. The predicted molar refractivity (Wildman–Crippen MR) is 148 cm³/mol. The number of carbonyl (C=O) groups excluding carboxylic acids is 4. The average Bonchev–Trinajstić information content (AvgIpc) is 3.79. The molecule has 4 fully saturated rings. The van der Waals surface area contributed by atoms with Crippen molar-refractivity contribution in [3.05, 3.63) is 108 Å². The Labute approximate surface area is 240 Å². The van der Waals surface area contributed by atoms with E-state index in [2.05, 4.69) is 0 Å². The zero-order chi connectivity index (χ0) is 28.9. The molecule has 4 aliphatic heterocycles. The van der Waals surface area contributed by atoms with Crippen molar-refractivity contribution >= 4 is 35.0 Å². The standard InChI is InChI=1S/C32H26N4O6/c1-17-7-3-9-19(15-17)33-29(37)23-25(21-11-5-13-41-21)36-28-24(26(22-12-6-14-42-22)35(36)27(23)31(33)39)30(38)34(32(28)40)20-10-4-8-18(2)16-20/h3-16,23-28H,1-2H3/t23-,24+,25-,26-,27-,28+/m0/s1. The molecule has 0 bridgehead atoms. The van der Waals surface area contributed by atoms with Gasteiger partial charge in [-0.05, 0) is 73.5 Å². The van der Waals surface area contributed by atoms with Crippen molar-refractivity contribution in [1.82, 2.24) is 10.0 Å². The SMILES string of the molecule is Cc1cccc(N2C(=O)[C@@H]3[C@@H](C2=O)N2[C@@H](c4ccco4)[C@H]4C(=O)N(c5cccc(C)c5)C(=O)[C@@H]4N2[C@H]3c2ccco2)c1. The number of furan rings is 2. The van der Waals surface area contributed by atoms with Crippen molar-refractivity contribution in [3.8, 4) is 0 Å². The Morgan fingerprint density at radius 3 is 1.31 bits per heavy atom. The highest BCUT2D eigenvalue weighted by atomic mass is 16.3. The van der Waals surface area contributed by atoms with Crippen molar-refractivity contribution in [1.29, 1.82) is 0 Å². The number of amides is 4. The van der Waals surface area contributed by atoms with E-state index in [-0.39, 0.29) is 11.8 Å². The highest BCUT2D eigenvalue weighted by Gasteiger charge is 2.74. The van der Waals surface area contributed by atoms with E-state index in [1.54, 1.807) is 70.7 Å². The van der Waals surface area contributed by atoms with Gasteiger partial charge in [0, 0.05) is 0 Å². The van der Waals surface area contributed by atoms with Crippen LogP contribution in [0.25, 0.3) is 0 Å². The van der Waals surface area contributed by atoms with Crippen LogP contribution in [0.5, 0.6) is 0 Å². The fourth-order valence-corrected chi connectivity index (χ4v) is 7.35. The summed E-state index contributed by atoms with van der Waals surface area (Å²) in [4.78, 5) is 59.5. The van der Waals surface area contributed by atoms with Gasteiger partial charge in [-0.25, -0.2) is 19.8 Å². The minimum Gasteiger partial charge on any atom is -0.468 e. The van der Waals surface area contributed by atoms with Gasteiger partial charge in [-0.1, -0.05) is 24.3 Å². The number of benzene rings is 2. The van der Waals surface area contributed by atoms with E-state index < -0.39 is 47.8 Å². The lowest BCUT2D eigenvalue weighted by atomic mass is 9.87. The molecule has 2 aromatic heterocycles. The van der Waals surface area contributed by atoms with Crippen molar-refractivity contribution < 1.29 is 28.0 Å². The monoisotopic (exact) mass is 562 g/mol. The maximum atomic E-state index is 14.3. The Kier molecular flexibility index (Phi) is 5.26. The van der Waals surface area contributed by atoms with Gasteiger partial charge in [0.2, 0.25) is 11.8 Å². The number of imide groups is 2. The number of hydrogen-bond acceptors (Lipinski definition) is 8. The van der Waals surface area contributed by atoms with E-state index in [0.717, 1.165) is 11.1 Å². The van der Waals surface area contributed by atoms with Crippen molar-refractivity contribution in [3.63, 3.8) is 0 Å². The van der Waals surface area contributed by atoms with E-state index in [0.29, 0.717) is 22.9 Å². The molecule has 42 heavy (non-hydrogen) atoms. The Hall–Kier alpha value is -4.80. The molecule has 0 aliphatic carbocycles. The number of nitrogens with zero attached hydrogens (tertiary/aromatic N) is 4. The summed E-state index contributed by atoms with van der Waals surface area (Å²) >= 11 is 0. The Morgan fingerprint density at radius 2 is 0.952 bits per heavy atom. The molecule has 10 heteroatoms. The molecule has 4 aliphatic rings. The summed E-state index contributed by atoms with van der Waals surface area (Å²) in [5, 5.41) is 3.51. The van der Waals surface area contributed by atoms with E-state index in [9.17, 15) is 19.2 Å². The minimum absolute atomic E-state index is 0.381. The number of rotatable bonds is 4. The van der Waals surface area contributed by atoms with Crippen molar-refractivity contribution in [2.75, 3.05) is 9.80 Å². The summed E-state index contributed by atoms with van der Waals surface area (Å²) in [5.74, 6) is -2.47. The van der Waals surface area contributed by atoms with Crippen LogP contribution in [-0.2, 0) is 19.2 Å². The lowest BCUT2D eigenvalue weighted by Gasteiger charge is -2.34. The van der Waals surface area contributed by atoms with Crippen LogP contribution < -0.4 is 9.80 Å². The molecule has 0 spiro atoms. The smallest absolute Gasteiger partial charge is 0.253 e. The summed E-state index contributed by atoms with van der Waals surface area (Å²) in [5.41, 5.74) is 2.78. The van der Waals surface area contributed by atoms with E-state index in [1.807, 2.05) is 26.0 Å². The second kappa shape index (κ2) is 8.85. The third kappa shape index (κ3) is 3.21. The number of carbonyl (C=O) groups is 4. The molecule has 2 aromatic carbocycles. The molecule has 10 nitrogen and oxygen atoms in total. The first-order valence-corrected chi connectivity index (χ1v) is 13.9. The quantitative estimate of drug-likeness (QED) is 0.345. The van der Waals surface area contributed by atoms with Gasteiger partial charge in [0.15, 0.2) is 0 Å². The van der Waals surface area contributed by atoms with Crippen LogP contribution in [0.15, 0.2) is 94.2 Å². The van der Waals surface area contributed by atoms with Gasteiger partial charge in [0.05, 0.1) is 47.8 Å². The molecule has 6 atom stereocenters. The van der Waals surface area contributed by atoms with Crippen LogP contribution >= 0.6 is 0 Å². The van der Waals surface area contributed by atoms with Crippen LogP contribution in [0, 0.1) is 25.7 Å². The normalized spacial score (nSPS) is 29.1. The fourth-order valence-electron chi connectivity index (χ4n) is 7.35. The average molecular weight is 563 g/mol. The molecular weight excluding hydrogens is 536 g/mol. The highest BCUT2D eigenvalue weighted by molar-refractivity contribution is 6.26. The Bertz CT molecular complexity index is 1640. The molecule has 0 N–H and O–H groups in total. The Morgan fingerprint density at radius 1 is 0.524 bits per heavy atom. The van der Waals surface area contributed by atoms with Gasteiger partial charge in [-0.2, -0.15) is 0 Å². The molecule has 0 saturated carbocycles. The van der Waals surface area contributed by atoms with E-state index >= 15 is 0 Å². The maximum absolute atomic E-state index is 14.3. The Balaban J connectivity index is 1.31. The number of hydrogen-bond donors (Lipinski definition) is 0. The highest BCUT2D eigenvalue weighted by Crippen LogP contribution is 2.59. The number of aryl methyl sites for hydroxylation is 2. The van der Waals surface area contributed by atoms with Crippen molar-refractivity contribution in [2.24, 2.45) is 11.8 Å². The third-order valence-corrected chi connectivity index (χ3v) is 8.91. The van der Waals surface area contributed by atoms with Gasteiger partial charge in [-0.3, -0.25) is 19.2 Å². The van der Waals surface area contributed by atoms with Gasteiger partial charge in [-0.15, -0.1) is 0 Å². The van der Waals surface area contributed by atoms with Crippen LogP contribution in [0.4, 0.5) is 11.4 Å². The first-order valence-electron chi connectivity index (χ1n) is 13.9. The zero-order valence-electron chi connectivity index (χ0n) is 22.8. The van der Waals surface area contributed by atoms with Crippen LogP contribution in [0.3, 0.4) is 0 Å². The van der Waals surface area contributed by atoms with Gasteiger partial charge in [0.25, 0.3) is 11.8 Å². The topological polar surface area (TPSA) is 108 Å². The third-order valence-electron chi connectivity index (χ3n) is 8.91. The molecule has 4 amide bonds. The van der Waals surface area contributed by atoms with Crippen molar-refractivity contribution in [2.45, 2.75) is 38.0 Å². The van der Waals surface area contributed by atoms with Crippen LogP contribution in [-0.4, -0.2) is 45.7 Å². The second-order valence-electron chi connectivity index (χ2n) is 11.3. The molecule has 8 rings (SSSR count). The summed E-state index contributed by atoms with van der Waals surface area (Å²) in [6.45, 7) is 3.79. The summed E-state index contributed by atoms with van der Waals surface area (Å²) in [7, 11) is 0. The first-order chi connectivity index (χ1) is 20.4. The molecule has 210 valence electrons. The first kappa shape index (κ1) is 25.0. The lowest BCUT2D eigenvalue weighted by Crippen LogP contribution is -2.50. The molecule has 6 heterocycles. The molecule has 0 unspecified atom stereocenters. The summed E-state index contributed by atoms with van der Waals surface area (Å²) in [6.07, 6.45) is 3.01. The largest absolute Gasteiger partial charge is 0.468 e. The number of hydrazine groups is 1. The van der Waals surface area contributed by atoms with Gasteiger partial charge >= 0.3 is 0 Å². The second-order valence-corrected chi connectivity index (χ2v) is 11.3. The summed E-state index contributed by atoms with van der Waals surface area (Å²) in [6, 6.07) is 17.9. The lowest BCUT2D eigenvalue weighted by molar-refractivity contribution is -0.136. The molecule has 4 saturated heterocycles. The zero-order valence-corrected chi connectivity index (χ0v) is 22.8. The van der Waals surface area contributed by atoms with E-state index in [4.69, 9.17) is 8.83 Å². The van der Waals surface area contributed by atoms with Crippen LogP contribution in [0.2, 0.25) is 0 Å². The minimum atomic E-state index is -0.971.